The van der Waals surface area contributed by atoms with Gasteiger partial charge in [-0.2, -0.15) is 5.26 Å². The van der Waals surface area contributed by atoms with Crippen molar-refractivity contribution in [2.75, 3.05) is 0 Å². The summed E-state index contributed by atoms with van der Waals surface area (Å²) in [7, 11) is 0. The van der Waals surface area contributed by atoms with Crippen LogP contribution in [0.5, 0.6) is 0 Å². The van der Waals surface area contributed by atoms with Crippen LogP contribution in [0.2, 0.25) is 0 Å². The molecule has 0 N–H and O–H groups in total. The van der Waals surface area contributed by atoms with E-state index >= 15 is 0 Å². The van der Waals surface area contributed by atoms with E-state index in [0.717, 1.165) is 49.9 Å². The molecule has 4 nitrogen and oxygen atoms in total. The summed E-state index contributed by atoms with van der Waals surface area (Å²) >= 11 is 0. The van der Waals surface area contributed by atoms with E-state index in [4.69, 9.17) is 0 Å². The van der Waals surface area contributed by atoms with Gasteiger partial charge in [0, 0.05) is 49.4 Å². The van der Waals surface area contributed by atoms with Crippen LogP contribution in [0.3, 0.4) is 0 Å². The van der Waals surface area contributed by atoms with Gasteiger partial charge in [-0.3, -0.25) is 0 Å². The molecule has 7 aromatic carbocycles. The topological polar surface area (TPSA) is 38.6 Å². The fraction of sp³-hybridized carbons (Fsp3) is 0. The zero-order chi connectivity index (χ0) is 31.1. The average molecular weight is 599 g/mol. The monoisotopic (exact) mass is 598 g/mol. The first kappa shape index (κ1) is 25.7. The highest BCUT2D eigenvalue weighted by Crippen LogP contribution is 2.43. The lowest BCUT2D eigenvalue weighted by Crippen LogP contribution is -1.96. The Hall–Kier alpha value is -6.57. The average Bonchev–Trinajstić information content (AvgIpc) is 3.77. The second-order valence-corrected chi connectivity index (χ2v) is 12.1. The summed E-state index contributed by atoms with van der Waals surface area (Å²) in [6.07, 6.45) is 0. The molecule has 0 aliphatic rings. The van der Waals surface area contributed by atoms with Crippen molar-refractivity contribution < 1.29 is 0 Å². The van der Waals surface area contributed by atoms with Crippen molar-refractivity contribution >= 4 is 65.4 Å². The van der Waals surface area contributed by atoms with Gasteiger partial charge in [0.1, 0.15) is 0 Å². The van der Waals surface area contributed by atoms with Gasteiger partial charge in [-0.1, -0.05) is 78.9 Å². The number of rotatable bonds is 3. The summed E-state index contributed by atoms with van der Waals surface area (Å²) in [6.45, 7) is 0. The Kier molecular flexibility index (Phi) is 5.32. The van der Waals surface area contributed by atoms with Gasteiger partial charge >= 0.3 is 0 Å². The quantitative estimate of drug-likeness (QED) is 0.199. The number of hydrogen-bond donors (Lipinski definition) is 0. The maximum atomic E-state index is 9.78. The molecule has 0 unspecified atom stereocenters. The Morgan fingerprint density at radius 2 is 0.894 bits per heavy atom. The molecule has 0 spiro atoms. The maximum Gasteiger partial charge on any atom is 0.0991 e. The maximum absolute atomic E-state index is 9.78. The van der Waals surface area contributed by atoms with E-state index in [9.17, 15) is 5.26 Å². The predicted octanol–water partition coefficient (Wildman–Crippen LogP) is 10.8. The molecule has 218 valence electrons. The lowest BCUT2D eigenvalue weighted by atomic mass is 10.1. The van der Waals surface area contributed by atoms with Crippen molar-refractivity contribution in [1.29, 1.82) is 5.26 Å². The van der Waals surface area contributed by atoms with Crippen molar-refractivity contribution in [2.24, 2.45) is 0 Å². The smallest absolute Gasteiger partial charge is 0.0991 e. The first-order valence-electron chi connectivity index (χ1n) is 15.8. The van der Waals surface area contributed by atoms with E-state index in [1.165, 1.54) is 32.6 Å². The standard InChI is InChI=1S/C43H26N4/c44-27-28-19-22-40-35(25-28)33-21-24-41-42(43(33)47(40)30-13-5-2-6-14-30)34-16-8-10-18-38(34)46(41)31-20-23-39-36(26-31)32-15-7-9-17-37(32)45(39)29-11-3-1-4-12-29/h1-26H. The highest BCUT2D eigenvalue weighted by atomic mass is 15.0. The molecule has 0 fully saturated rings. The predicted molar refractivity (Wildman–Crippen MR) is 194 cm³/mol. The van der Waals surface area contributed by atoms with Gasteiger partial charge in [0.15, 0.2) is 0 Å². The minimum absolute atomic E-state index is 0.662. The number of hydrogen-bond acceptors (Lipinski definition) is 1. The number of aromatic nitrogens is 3. The summed E-state index contributed by atoms with van der Waals surface area (Å²) in [5, 5.41) is 16.8. The Balaban J connectivity index is 1.34. The summed E-state index contributed by atoms with van der Waals surface area (Å²) in [5.41, 5.74) is 10.9. The first-order chi connectivity index (χ1) is 23.3. The number of benzene rings is 7. The molecule has 10 aromatic rings. The van der Waals surface area contributed by atoms with Gasteiger partial charge in [-0.05, 0) is 78.9 Å². The third-order valence-corrected chi connectivity index (χ3v) is 9.63. The molecule has 0 radical (unpaired) electrons. The molecular weight excluding hydrogens is 573 g/mol. The highest BCUT2D eigenvalue weighted by Gasteiger charge is 2.22. The zero-order valence-electron chi connectivity index (χ0n) is 25.3. The third kappa shape index (κ3) is 3.57. The van der Waals surface area contributed by atoms with Crippen molar-refractivity contribution in [3.63, 3.8) is 0 Å². The van der Waals surface area contributed by atoms with Crippen LogP contribution in [0.15, 0.2) is 158 Å². The number of fused-ring (bicyclic) bond motifs is 10. The lowest BCUT2D eigenvalue weighted by molar-refractivity contribution is 1.16. The van der Waals surface area contributed by atoms with Crippen LogP contribution in [0.25, 0.3) is 82.5 Å². The Morgan fingerprint density at radius 1 is 0.362 bits per heavy atom. The molecule has 0 amide bonds. The molecule has 0 bridgehead atoms. The highest BCUT2D eigenvalue weighted by molar-refractivity contribution is 6.26. The lowest BCUT2D eigenvalue weighted by Gasteiger charge is -2.11. The normalized spacial score (nSPS) is 11.8. The SMILES string of the molecule is N#Cc1ccc2c(c1)c1ccc3c(c4ccccc4n3-c3ccc4c(c3)c3ccccc3n4-c3ccccc3)c1n2-c1ccccc1. The van der Waals surface area contributed by atoms with Gasteiger partial charge in [0.05, 0.1) is 44.7 Å². The molecule has 3 aromatic heterocycles. The Labute approximate surface area is 270 Å². The van der Waals surface area contributed by atoms with Crippen molar-refractivity contribution in [3.8, 4) is 23.1 Å². The van der Waals surface area contributed by atoms with Crippen molar-refractivity contribution in [2.45, 2.75) is 0 Å². The molecule has 0 saturated carbocycles. The Bertz CT molecular complexity index is 2900. The van der Waals surface area contributed by atoms with Crippen molar-refractivity contribution in [1.82, 2.24) is 13.7 Å². The summed E-state index contributed by atoms with van der Waals surface area (Å²) < 4.78 is 7.13. The fourth-order valence-electron chi connectivity index (χ4n) is 7.71. The molecule has 0 atom stereocenters. The number of nitriles is 1. The fourth-order valence-corrected chi connectivity index (χ4v) is 7.71. The molecule has 47 heavy (non-hydrogen) atoms. The van der Waals surface area contributed by atoms with Gasteiger partial charge < -0.3 is 13.7 Å². The Morgan fingerprint density at radius 3 is 1.64 bits per heavy atom. The van der Waals surface area contributed by atoms with E-state index in [2.05, 4.69) is 165 Å². The van der Waals surface area contributed by atoms with Gasteiger partial charge in [-0.25, -0.2) is 0 Å². The molecule has 4 heteroatoms. The third-order valence-electron chi connectivity index (χ3n) is 9.63. The minimum Gasteiger partial charge on any atom is -0.309 e. The second-order valence-electron chi connectivity index (χ2n) is 12.1. The molecule has 0 aliphatic carbocycles. The number of nitrogens with zero attached hydrogens (tertiary/aromatic N) is 4. The zero-order valence-corrected chi connectivity index (χ0v) is 25.3. The van der Waals surface area contributed by atoms with Gasteiger partial charge in [0.2, 0.25) is 0 Å². The van der Waals surface area contributed by atoms with Crippen LogP contribution in [0, 0.1) is 11.3 Å². The molecule has 0 saturated heterocycles. The summed E-state index contributed by atoms with van der Waals surface area (Å²) in [4.78, 5) is 0. The van der Waals surface area contributed by atoms with Crippen LogP contribution in [-0.4, -0.2) is 13.7 Å². The molecule has 0 aliphatic heterocycles. The van der Waals surface area contributed by atoms with Crippen LogP contribution in [-0.2, 0) is 0 Å². The van der Waals surface area contributed by atoms with E-state index in [0.29, 0.717) is 5.56 Å². The molecule has 3 heterocycles. The van der Waals surface area contributed by atoms with E-state index in [1.807, 2.05) is 12.1 Å². The van der Waals surface area contributed by atoms with Crippen LogP contribution < -0.4 is 0 Å². The van der Waals surface area contributed by atoms with Crippen LogP contribution >= 0.6 is 0 Å². The minimum atomic E-state index is 0.662. The second kappa shape index (κ2) is 9.71. The largest absolute Gasteiger partial charge is 0.309 e. The van der Waals surface area contributed by atoms with Gasteiger partial charge in [-0.15, -0.1) is 0 Å². The van der Waals surface area contributed by atoms with Crippen molar-refractivity contribution in [3.05, 3.63) is 163 Å². The van der Waals surface area contributed by atoms with Crippen LogP contribution in [0.1, 0.15) is 5.56 Å². The van der Waals surface area contributed by atoms with Gasteiger partial charge in [0.25, 0.3) is 0 Å². The van der Waals surface area contributed by atoms with E-state index < -0.39 is 0 Å². The summed E-state index contributed by atoms with van der Waals surface area (Å²) in [5.74, 6) is 0. The molecule has 10 rings (SSSR count). The number of para-hydroxylation sites is 4. The first-order valence-corrected chi connectivity index (χ1v) is 15.8. The van der Waals surface area contributed by atoms with E-state index in [-0.39, 0.29) is 0 Å². The van der Waals surface area contributed by atoms with E-state index in [1.54, 1.807) is 0 Å². The molecular formula is C43H26N4. The van der Waals surface area contributed by atoms with Crippen LogP contribution in [0.4, 0.5) is 0 Å². The summed E-state index contributed by atoms with van der Waals surface area (Å²) in [6, 6.07) is 58.3.